The van der Waals surface area contributed by atoms with Gasteiger partial charge in [0, 0.05) is 16.8 Å². The molecule has 2 aromatic rings. The van der Waals surface area contributed by atoms with E-state index >= 15 is 0 Å². The van der Waals surface area contributed by atoms with Crippen LogP contribution in [0.25, 0.3) is 10.8 Å². The molecule has 2 rings (SSSR count). The van der Waals surface area contributed by atoms with E-state index in [0.29, 0.717) is 10.8 Å². The number of ether oxygens (including phenoxy) is 1. The van der Waals surface area contributed by atoms with Gasteiger partial charge in [-0.25, -0.2) is 0 Å². The van der Waals surface area contributed by atoms with Crippen LogP contribution in [0.1, 0.15) is 0 Å². The summed E-state index contributed by atoms with van der Waals surface area (Å²) in [5.41, 5.74) is 0. The predicted octanol–water partition coefficient (Wildman–Crippen LogP) is 1.85. The predicted molar refractivity (Wildman–Crippen MR) is 66.3 cm³/mol. The van der Waals surface area contributed by atoms with E-state index in [1.807, 2.05) is 24.3 Å². The highest BCUT2D eigenvalue weighted by molar-refractivity contribution is 6.37. The van der Waals surface area contributed by atoms with Crippen LogP contribution in [0.4, 0.5) is 0 Å². The first-order chi connectivity index (χ1) is 8.13. The first-order valence-corrected chi connectivity index (χ1v) is 5.29. The minimum absolute atomic E-state index is 0.186. The highest BCUT2D eigenvalue weighted by Gasteiger charge is 2.18. The van der Waals surface area contributed by atoms with Crippen molar-refractivity contribution in [3.8, 4) is 11.5 Å². The average Bonchev–Trinajstić information content (AvgIpc) is 2.29. The number of hydrogen-bond acceptors (Lipinski definition) is 4. The number of rotatable bonds is 3. The zero-order chi connectivity index (χ0) is 12.4. The molecule has 0 unspecified atom stereocenters. The SMILES string of the molecule is COc1c(OB(O)O)cc(Cl)c2ccccc12. The fourth-order valence-electron chi connectivity index (χ4n) is 1.69. The van der Waals surface area contributed by atoms with E-state index in [-0.39, 0.29) is 5.75 Å². The maximum absolute atomic E-state index is 8.82. The largest absolute Gasteiger partial charge is 0.707 e. The summed E-state index contributed by atoms with van der Waals surface area (Å²) < 4.78 is 10.0. The third kappa shape index (κ3) is 2.31. The Morgan fingerprint density at radius 3 is 2.41 bits per heavy atom. The molecule has 0 aliphatic heterocycles. The quantitative estimate of drug-likeness (QED) is 0.819. The molecular weight excluding hydrogens is 242 g/mol. The molecule has 6 heteroatoms. The van der Waals surface area contributed by atoms with Gasteiger partial charge in [-0.3, -0.25) is 0 Å². The summed E-state index contributed by atoms with van der Waals surface area (Å²) in [6.07, 6.45) is 0. The molecule has 0 radical (unpaired) electrons. The molecule has 0 aliphatic carbocycles. The molecule has 2 aromatic carbocycles. The third-order valence-electron chi connectivity index (χ3n) is 2.35. The Morgan fingerprint density at radius 1 is 1.18 bits per heavy atom. The van der Waals surface area contributed by atoms with Crippen molar-refractivity contribution in [1.29, 1.82) is 0 Å². The number of methoxy groups -OCH3 is 1. The smallest absolute Gasteiger partial charge is 0.509 e. The van der Waals surface area contributed by atoms with Gasteiger partial charge in [-0.1, -0.05) is 35.9 Å². The highest BCUT2D eigenvalue weighted by atomic mass is 35.5. The van der Waals surface area contributed by atoms with Crippen molar-refractivity contribution in [3.63, 3.8) is 0 Å². The average molecular weight is 252 g/mol. The second-order valence-corrected chi connectivity index (χ2v) is 3.79. The highest BCUT2D eigenvalue weighted by Crippen LogP contribution is 2.39. The number of fused-ring (bicyclic) bond motifs is 1. The second-order valence-electron chi connectivity index (χ2n) is 3.38. The van der Waals surface area contributed by atoms with Gasteiger partial charge in [-0.15, -0.1) is 0 Å². The van der Waals surface area contributed by atoms with E-state index in [4.69, 9.17) is 31.0 Å². The Bertz CT molecular complexity index is 544. The number of benzene rings is 2. The van der Waals surface area contributed by atoms with Crippen LogP contribution >= 0.6 is 11.6 Å². The summed E-state index contributed by atoms with van der Waals surface area (Å²) in [4.78, 5) is 0. The molecule has 0 spiro atoms. The second kappa shape index (κ2) is 4.83. The summed E-state index contributed by atoms with van der Waals surface area (Å²) in [7, 11) is -0.437. The molecule has 4 nitrogen and oxygen atoms in total. The maximum Gasteiger partial charge on any atom is 0.707 e. The standard InChI is InChI=1S/C11H10BClO4/c1-16-11-8-5-3-2-4-7(8)9(13)6-10(11)17-12(14)15/h2-6,14-15H,1H3. The monoisotopic (exact) mass is 252 g/mol. The fraction of sp³-hybridized carbons (Fsp3) is 0.0909. The van der Waals surface area contributed by atoms with Gasteiger partial charge in [0.25, 0.3) is 0 Å². The molecule has 0 fully saturated rings. The lowest BCUT2D eigenvalue weighted by molar-refractivity contribution is 0.280. The van der Waals surface area contributed by atoms with Crippen LogP contribution in [-0.2, 0) is 0 Å². The minimum Gasteiger partial charge on any atom is -0.509 e. The molecule has 0 aromatic heterocycles. The van der Waals surface area contributed by atoms with Crippen molar-refractivity contribution in [2.45, 2.75) is 0 Å². The lowest BCUT2D eigenvalue weighted by Crippen LogP contribution is -2.21. The van der Waals surface area contributed by atoms with Gasteiger partial charge in [0.15, 0.2) is 5.75 Å². The molecule has 17 heavy (non-hydrogen) atoms. The molecule has 0 atom stereocenters. The zero-order valence-electron chi connectivity index (χ0n) is 9.05. The fourth-order valence-corrected chi connectivity index (χ4v) is 1.96. The van der Waals surface area contributed by atoms with Crippen molar-refractivity contribution in [2.75, 3.05) is 7.11 Å². The van der Waals surface area contributed by atoms with Gasteiger partial charge in [0.05, 0.1) is 12.1 Å². The summed E-state index contributed by atoms with van der Waals surface area (Å²) >= 11 is 6.08. The van der Waals surface area contributed by atoms with Crippen molar-refractivity contribution in [1.82, 2.24) is 0 Å². The van der Waals surface area contributed by atoms with E-state index < -0.39 is 7.32 Å². The normalized spacial score (nSPS) is 10.4. The Kier molecular flexibility index (Phi) is 3.42. The first-order valence-electron chi connectivity index (χ1n) is 4.91. The van der Waals surface area contributed by atoms with Gasteiger partial charge in [-0.05, 0) is 0 Å². The molecular formula is C11H10BClO4. The van der Waals surface area contributed by atoms with Crippen LogP contribution in [0.3, 0.4) is 0 Å². The lowest BCUT2D eigenvalue weighted by atomic mass is 10.1. The molecule has 0 saturated heterocycles. The Morgan fingerprint density at radius 2 is 1.82 bits per heavy atom. The number of hydrogen-bond donors (Lipinski definition) is 2. The minimum atomic E-state index is -1.92. The van der Waals surface area contributed by atoms with Gasteiger partial charge in [-0.2, -0.15) is 0 Å². The van der Waals surface area contributed by atoms with Crippen LogP contribution in [0.5, 0.6) is 11.5 Å². The Balaban J connectivity index is 2.68. The van der Waals surface area contributed by atoms with Crippen molar-refractivity contribution < 1.29 is 19.4 Å². The third-order valence-corrected chi connectivity index (χ3v) is 2.66. The van der Waals surface area contributed by atoms with Crippen LogP contribution in [0.15, 0.2) is 30.3 Å². The molecule has 2 N–H and O–H groups in total. The molecule has 0 bridgehead atoms. The lowest BCUT2D eigenvalue weighted by Gasteiger charge is -2.13. The van der Waals surface area contributed by atoms with E-state index in [0.717, 1.165) is 10.8 Å². The van der Waals surface area contributed by atoms with Gasteiger partial charge < -0.3 is 19.4 Å². The molecule has 0 amide bonds. The topological polar surface area (TPSA) is 58.9 Å². The zero-order valence-corrected chi connectivity index (χ0v) is 9.81. The van der Waals surface area contributed by atoms with Gasteiger partial charge in [0.2, 0.25) is 0 Å². The van der Waals surface area contributed by atoms with Crippen LogP contribution in [0.2, 0.25) is 5.02 Å². The van der Waals surface area contributed by atoms with Crippen molar-refractivity contribution in [2.24, 2.45) is 0 Å². The van der Waals surface area contributed by atoms with Gasteiger partial charge >= 0.3 is 7.32 Å². The summed E-state index contributed by atoms with van der Waals surface area (Å²) in [6.45, 7) is 0. The van der Waals surface area contributed by atoms with Crippen molar-refractivity contribution >= 4 is 29.7 Å². The van der Waals surface area contributed by atoms with Crippen LogP contribution < -0.4 is 9.39 Å². The van der Waals surface area contributed by atoms with E-state index in [9.17, 15) is 0 Å². The molecule has 0 saturated carbocycles. The summed E-state index contributed by atoms with van der Waals surface area (Å²) in [5.74, 6) is 0.601. The Labute approximate surface area is 104 Å². The summed E-state index contributed by atoms with van der Waals surface area (Å²) in [6, 6.07) is 8.84. The number of halogens is 1. The van der Waals surface area contributed by atoms with E-state index in [1.54, 1.807) is 0 Å². The van der Waals surface area contributed by atoms with E-state index in [1.165, 1.54) is 13.2 Å². The maximum atomic E-state index is 8.82. The molecule has 88 valence electrons. The van der Waals surface area contributed by atoms with Crippen LogP contribution in [0, 0.1) is 0 Å². The Hall–Kier alpha value is -1.43. The van der Waals surface area contributed by atoms with Crippen molar-refractivity contribution in [3.05, 3.63) is 35.4 Å². The molecule has 0 aliphatic rings. The van der Waals surface area contributed by atoms with Gasteiger partial charge in [0.1, 0.15) is 5.75 Å². The molecule has 0 heterocycles. The summed E-state index contributed by atoms with van der Waals surface area (Å²) in [5, 5.41) is 19.7. The van der Waals surface area contributed by atoms with Crippen LogP contribution in [-0.4, -0.2) is 24.5 Å². The first kappa shape index (κ1) is 12.0. The van der Waals surface area contributed by atoms with E-state index in [2.05, 4.69) is 0 Å².